The largest absolute Gasteiger partial charge is 0.496 e. The Morgan fingerprint density at radius 2 is 2.12 bits per heavy atom. The first-order valence-electron chi connectivity index (χ1n) is 9.12. The third kappa shape index (κ3) is 4.71. The third-order valence-corrected chi connectivity index (χ3v) is 4.90. The summed E-state index contributed by atoms with van der Waals surface area (Å²) in [6.45, 7) is 4.26. The zero-order valence-electron chi connectivity index (χ0n) is 14.9. The molecule has 2 fully saturated rings. The van der Waals surface area contributed by atoms with Crippen LogP contribution in [0.3, 0.4) is 0 Å². The molecule has 2 aliphatic rings. The molecule has 1 N–H and O–H groups in total. The molecule has 1 amide bonds. The minimum atomic E-state index is 0.000445. The number of nitrogens with one attached hydrogen (secondary N) is 1. The first-order chi connectivity index (χ1) is 12.3. The van der Waals surface area contributed by atoms with Gasteiger partial charge in [-0.1, -0.05) is 18.2 Å². The van der Waals surface area contributed by atoms with Gasteiger partial charge in [0, 0.05) is 38.4 Å². The maximum Gasteiger partial charge on any atom is 0.225 e. The van der Waals surface area contributed by atoms with Crippen molar-refractivity contribution >= 4 is 5.91 Å². The zero-order valence-corrected chi connectivity index (χ0v) is 14.9. The van der Waals surface area contributed by atoms with Gasteiger partial charge in [-0.3, -0.25) is 4.79 Å². The highest BCUT2D eigenvalue weighted by Crippen LogP contribution is 2.30. The number of ether oxygens (including phenoxy) is 3. The van der Waals surface area contributed by atoms with Crippen molar-refractivity contribution in [3.05, 3.63) is 29.8 Å². The first kappa shape index (κ1) is 18.2. The number of rotatable bonds is 6. The lowest BCUT2D eigenvalue weighted by Crippen LogP contribution is -2.49. The van der Waals surface area contributed by atoms with E-state index in [1.807, 2.05) is 29.2 Å². The highest BCUT2D eigenvalue weighted by Gasteiger charge is 2.29. The van der Waals surface area contributed by atoms with Crippen molar-refractivity contribution in [2.45, 2.75) is 31.4 Å². The lowest BCUT2D eigenvalue weighted by molar-refractivity contribution is -0.136. The third-order valence-electron chi connectivity index (χ3n) is 4.90. The maximum atomic E-state index is 12.8. The van der Waals surface area contributed by atoms with Gasteiger partial charge in [-0.2, -0.15) is 0 Å². The number of carbonyl (C=O) groups is 1. The summed E-state index contributed by atoms with van der Waals surface area (Å²) in [6, 6.07) is 7.92. The second kappa shape index (κ2) is 9.17. The predicted molar refractivity (Wildman–Crippen MR) is 94.7 cm³/mol. The predicted octanol–water partition coefficient (Wildman–Crippen LogP) is 1.75. The summed E-state index contributed by atoms with van der Waals surface area (Å²) in [7, 11) is 1.67. The molecule has 25 heavy (non-hydrogen) atoms. The molecule has 0 aromatic heterocycles. The van der Waals surface area contributed by atoms with E-state index in [4.69, 9.17) is 14.2 Å². The van der Waals surface area contributed by atoms with Gasteiger partial charge in [-0.15, -0.1) is 0 Å². The molecule has 0 bridgehead atoms. The quantitative estimate of drug-likeness (QED) is 0.849. The molecule has 1 atom stereocenters. The standard InChI is InChI=1S/C19H28N2O4/c1-23-18-5-3-2-4-16(18)17-14-20-9-10-21(17)19(22)8-13-25-15-6-11-24-12-7-15/h2-5,15,17,20H,6-14H2,1H3. The normalized spacial score (nSPS) is 22.0. The highest BCUT2D eigenvalue weighted by atomic mass is 16.5. The Hall–Kier alpha value is -1.63. The van der Waals surface area contributed by atoms with E-state index in [1.54, 1.807) is 7.11 Å². The molecular weight excluding hydrogens is 320 g/mol. The van der Waals surface area contributed by atoms with E-state index in [9.17, 15) is 4.79 Å². The smallest absolute Gasteiger partial charge is 0.225 e. The van der Waals surface area contributed by atoms with E-state index in [0.717, 1.165) is 50.5 Å². The molecule has 1 unspecified atom stereocenters. The molecule has 0 aliphatic carbocycles. The van der Waals surface area contributed by atoms with Crippen molar-refractivity contribution in [2.75, 3.05) is 46.6 Å². The van der Waals surface area contributed by atoms with Gasteiger partial charge < -0.3 is 24.4 Å². The number of benzene rings is 1. The zero-order chi connectivity index (χ0) is 17.5. The summed E-state index contributed by atoms with van der Waals surface area (Å²) in [6.07, 6.45) is 2.50. The van der Waals surface area contributed by atoms with Gasteiger partial charge in [0.05, 0.1) is 32.3 Å². The Kier molecular flexibility index (Phi) is 6.67. The Bertz CT molecular complexity index is 560. The second-order valence-electron chi connectivity index (χ2n) is 6.48. The van der Waals surface area contributed by atoms with Gasteiger partial charge >= 0.3 is 0 Å². The number of methoxy groups -OCH3 is 1. The average molecular weight is 348 g/mol. The van der Waals surface area contributed by atoms with Crippen LogP contribution < -0.4 is 10.1 Å². The molecule has 2 aliphatic heterocycles. The number of nitrogens with zero attached hydrogens (tertiary/aromatic N) is 1. The van der Waals surface area contributed by atoms with Crippen LogP contribution in [0.4, 0.5) is 0 Å². The molecule has 0 saturated carbocycles. The molecule has 3 rings (SSSR count). The van der Waals surface area contributed by atoms with Crippen molar-refractivity contribution < 1.29 is 19.0 Å². The average Bonchev–Trinajstić information content (AvgIpc) is 2.68. The van der Waals surface area contributed by atoms with E-state index in [-0.39, 0.29) is 18.1 Å². The summed E-state index contributed by atoms with van der Waals surface area (Å²) in [5.74, 6) is 0.969. The number of amides is 1. The van der Waals surface area contributed by atoms with Crippen LogP contribution in [0.5, 0.6) is 5.75 Å². The molecular formula is C19H28N2O4. The van der Waals surface area contributed by atoms with Crippen LogP contribution >= 0.6 is 0 Å². The Morgan fingerprint density at radius 1 is 1.32 bits per heavy atom. The molecule has 2 heterocycles. The molecule has 1 aromatic rings. The van der Waals surface area contributed by atoms with Crippen molar-refractivity contribution in [3.63, 3.8) is 0 Å². The molecule has 1 aromatic carbocycles. The molecule has 138 valence electrons. The number of piperazine rings is 1. The molecule has 2 saturated heterocycles. The SMILES string of the molecule is COc1ccccc1C1CNCCN1C(=O)CCOC1CCOCC1. The molecule has 0 spiro atoms. The number of para-hydroxylation sites is 1. The summed E-state index contributed by atoms with van der Waals surface area (Å²) >= 11 is 0. The van der Waals surface area contributed by atoms with Gasteiger partial charge in [-0.25, -0.2) is 0 Å². The minimum Gasteiger partial charge on any atom is -0.496 e. The lowest BCUT2D eigenvalue weighted by atomic mass is 10.0. The van der Waals surface area contributed by atoms with E-state index in [0.29, 0.717) is 19.6 Å². The lowest BCUT2D eigenvalue weighted by Gasteiger charge is -2.37. The Labute approximate surface area is 149 Å². The van der Waals surface area contributed by atoms with Gasteiger partial charge in [0.2, 0.25) is 5.91 Å². The van der Waals surface area contributed by atoms with Crippen LogP contribution in [-0.4, -0.2) is 63.5 Å². The minimum absolute atomic E-state index is 0.000445. The fourth-order valence-corrected chi connectivity index (χ4v) is 3.52. The van der Waals surface area contributed by atoms with Crippen LogP contribution in [-0.2, 0) is 14.3 Å². The van der Waals surface area contributed by atoms with Crippen LogP contribution in [0.2, 0.25) is 0 Å². The highest BCUT2D eigenvalue weighted by molar-refractivity contribution is 5.77. The fourth-order valence-electron chi connectivity index (χ4n) is 3.52. The summed E-state index contributed by atoms with van der Waals surface area (Å²) in [5.41, 5.74) is 1.05. The summed E-state index contributed by atoms with van der Waals surface area (Å²) in [4.78, 5) is 14.7. The van der Waals surface area contributed by atoms with Gasteiger partial charge in [-0.05, 0) is 18.9 Å². The number of hydrogen-bond donors (Lipinski definition) is 1. The van der Waals surface area contributed by atoms with E-state index < -0.39 is 0 Å². The second-order valence-corrected chi connectivity index (χ2v) is 6.48. The maximum absolute atomic E-state index is 12.8. The van der Waals surface area contributed by atoms with Crippen molar-refractivity contribution in [1.29, 1.82) is 0 Å². The van der Waals surface area contributed by atoms with Crippen molar-refractivity contribution in [1.82, 2.24) is 10.2 Å². The molecule has 0 radical (unpaired) electrons. The van der Waals surface area contributed by atoms with Crippen LogP contribution in [0.25, 0.3) is 0 Å². The fraction of sp³-hybridized carbons (Fsp3) is 0.632. The monoisotopic (exact) mass is 348 g/mol. The van der Waals surface area contributed by atoms with E-state index in [1.165, 1.54) is 0 Å². The molecule has 6 heteroatoms. The van der Waals surface area contributed by atoms with E-state index >= 15 is 0 Å². The van der Waals surface area contributed by atoms with Crippen molar-refractivity contribution in [3.8, 4) is 5.75 Å². The topological polar surface area (TPSA) is 60.0 Å². The van der Waals surface area contributed by atoms with Crippen LogP contribution in [0.1, 0.15) is 30.9 Å². The van der Waals surface area contributed by atoms with Gasteiger partial charge in [0.1, 0.15) is 5.75 Å². The van der Waals surface area contributed by atoms with Crippen molar-refractivity contribution in [2.24, 2.45) is 0 Å². The number of hydrogen-bond acceptors (Lipinski definition) is 5. The first-order valence-corrected chi connectivity index (χ1v) is 9.12. The Morgan fingerprint density at radius 3 is 2.92 bits per heavy atom. The van der Waals surface area contributed by atoms with Crippen LogP contribution in [0, 0.1) is 0 Å². The van der Waals surface area contributed by atoms with Gasteiger partial charge in [0.25, 0.3) is 0 Å². The van der Waals surface area contributed by atoms with Crippen LogP contribution in [0.15, 0.2) is 24.3 Å². The molecule has 6 nitrogen and oxygen atoms in total. The Balaban J connectivity index is 1.59. The van der Waals surface area contributed by atoms with Gasteiger partial charge in [0.15, 0.2) is 0 Å². The summed E-state index contributed by atoms with van der Waals surface area (Å²) in [5, 5.41) is 3.38. The number of carbonyl (C=O) groups excluding carboxylic acids is 1. The van der Waals surface area contributed by atoms with E-state index in [2.05, 4.69) is 5.32 Å². The summed E-state index contributed by atoms with van der Waals surface area (Å²) < 4.78 is 16.7.